The number of nitrogens with zero attached hydrogens (tertiary/aromatic N) is 2. The van der Waals surface area contributed by atoms with E-state index in [4.69, 9.17) is 27.0 Å². The molecular formula is C26H38N2O7S. The molecule has 4 rings (SSSR count). The van der Waals surface area contributed by atoms with Crippen LogP contribution in [0.5, 0.6) is 0 Å². The molecule has 1 unspecified atom stereocenters. The van der Waals surface area contributed by atoms with E-state index >= 15 is 0 Å². The molecule has 200 valence electrons. The third kappa shape index (κ3) is 7.17. The van der Waals surface area contributed by atoms with Crippen LogP contribution in [-0.4, -0.2) is 71.9 Å². The number of hydrogen-bond donors (Lipinski definition) is 2. The molecule has 1 aromatic heterocycles. The molecule has 2 aromatic rings. The maximum absolute atomic E-state index is 12.9. The Bertz CT molecular complexity index is 1140. The Balaban J connectivity index is 0.000000658. The van der Waals surface area contributed by atoms with Crippen molar-refractivity contribution in [3.05, 3.63) is 48.2 Å². The Morgan fingerprint density at radius 3 is 2.67 bits per heavy atom. The molecule has 1 aliphatic heterocycles. The zero-order chi connectivity index (χ0) is 26.3. The lowest BCUT2D eigenvalue weighted by Crippen LogP contribution is -2.51. The number of rotatable bonds is 10. The van der Waals surface area contributed by atoms with E-state index < -0.39 is 10.4 Å². The van der Waals surface area contributed by atoms with Crippen molar-refractivity contribution < 1.29 is 31.8 Å². The SMILES string of the molecule is C=CCN1CC(C(=O)OCCCOCC)C[C@@H]2c3cccc4c3c(cn4CCC)C[C@H]21.O=S(=O)(O)O. The largest absolute Gasteiger partial charge is 0.465 e. The summed E-state index contributed by atoms with van der Waals surface area (Å²) in [7, 11) is -4.67. The number of piperidine rings is 1. The van der Waals surface area contributed by atoms with Gasteiger partial charge in [0.1, 0.15) is 0 Å². The fourth-order valence-corrected chi connectivity index (χ4v) is 5.54. The van der Waals surface area contributed by atoms with Crippen molar-refractivity contribution in [2.24, 2.45) is 5.92 Å². The number of esters is 1. The minimum absolute atomic E-state index is 0.0643. The summed E-state index contributed by atoms with van der Waals surface area (Å²) in [5, 5.41) is 1.42. The molecule has 10 heteroatoms. The van der Waals surface area contributed by atoms with Gasteiger partial charge in [-0.2, -0.15) is 8.42 Å². The van der Waals surface area contributed by atoms with Crippen molar-refractivity contribution in [1.82, 2.24) is 9.47 Å². The Hall–Kier alpha value is -2.24. The number of likely N-dealkylation sites (tertiary alicyclic amines) is 1. The molecule has 0 saturated carbocycles. The first-order valence-corrected chi connectivity index (χ1v) is 14.0. The molecule has 0 spiro atoms. The molecule has 2 aliphatic rings. The highest BCUT2D eigenvalue weighted by atomic mass is 32.3. The molecule has 1 aromatic carbocycles. The number of carbonyl (C=O) groups excluding carboxylic acids is 1. The lowest BCUT2D eigenvalue weighted by atomic mass is 9.72. The van der Waals surface area contributed by atoms with Gasteiger partial charge in [-0.25, -0.2) is 0 Å². The fourth-order valence-electron chi connectivity index (χ4n) is 5.54. The number of aryl methyl sites for hydroxylation is 1. The van der Waals surface area contributed by atoms with Crippen molar-refractivity contribution in [3.63, 3.8) is 0 Å². The summed E-state index contributed by atoms with van der Waals surface area (Å²) < 4.78 is 45.0. The van der Waals surface area contributed by atoms with Crippen LogP contribution >= 0.6 is 0 Å². The van der Waals surface area contributed by atoms with E-state index in [9.17, 15) is 4.79 Å². The smallest absolute Gasteiger partial charge is 0.394 e. The highest BCUT2D eigenvalue weighted by Crippen LogP contribution is 2.45. The topological polar surface area (TPSA) is 118 Å². The molecule has 2 heterocycles. The summed E-state index contributed by atoms with van der Waals surface area (Å²) in [6.07, 6.45) is 8.10. The summed E-state index contributed by atoms with van der Waals surface area (Å²) in [5.41, 5.74) is 4.19. The van der Waals surface area contributed by atoms with Crippen LogP contribution in [0.25, 0.3) is 10.9 Å². The molecule has 0 radical (unpaired) electrons. The number of fused-ring (bicyclic) bond motifs is 2. The summed E-state index contributed by atoms with van der Waals surface area (Å²) in [6, 6.07) is 7.12. The van der Waals surface area contributed by atoms with E-state index in [1.54, 1.807) is 0 Å². The van der Waals surface area contributed by atoms with Gasteiger partial charge in [-0.05, 0) is 43.4 Å². The fraction of sp³-hybridized carbons (Fsp3) is 0.577. The van der Waals surface area contributed by atoms with Gasteiger partial charge in [-0.15, -0.1) is 6.58 Å². The molecule has 1 aliphatic carbocycles. The number of ether oxygens (including phenoxy) is 2. The Morgan fingerprint density at radius 2 is 2.00 bits per heavy atom. The van der Waals surface area contributed by atoms with Crippen LogP contribution in [0.3, 0.4) is 0 Å². The lowest BCUT2D eigenvalue weighted by molar-refractivity contribution is -0.151. The van der Waals surface area contributed by atoms with Crippen LogP contribution in [0, 0.1) is 5.92 Å². The summed E-state index contributed by atoms with van der Waals surface area (Å²) in [4.78, 5) is 15.4. The number of hydrogen-bond acceptors (Lipinski definition) is 6. The zero-order valence-electron chi connectivity index (χ0n) is 21.1. The zero-order valence-corrected chi connectivity index (χ0v) is 22.0. The van der Waals surface area contributed by atoms with E-state index in [0.29, 0.717) is 31.8 Å². The molecule has 2 N–H and O–H groups in total. The van der Waals surface area contributed by atoms with Gasteiger partial charge in [0.2, 0.25) is 0 Å². The van der Waals surface area contributed by atoms with Crippen LogP contribution in [0.15, 0.2) is 37.1 Å². The highest BCUT2D eigenvalue weighted by molar-refractivity contribution is 7.79. The van der Waals surface area contributed by atoms with Crippen molar-refractivity contribution >= 4 is 27.3 Å². The van der Waals surface area contributed by atoms with Gasteiger partial charge in [-0.1, -0.05) is 25.1 Å². The van der Waals surface area contributed by atoms with Gasteiger partial charge < -0.3 is 14.0 Å². The molecule has 1 saturated heterocycles. The van der Waals surface area contributed by atoms with E-state index in [-0.39, 0.29) is 11.9 Å². The average molecular weight is 523 g/mol. The molecule has 36 heavy (non-hydrogen) atoms. The van der Waals surface area contributed by atoms with Gasteiger partial charge in [-0.3, -0.25) is 18.8 Å². The van der Waals surface area contributed by atoms with Crippen LogP contribution in [-0.2, 0) is 37.6 Å². The monoisotopic (exact) mass is 522 g/mol. The van der Waals surface area contributed by atoms with Crippen molar-refractivity contribution in [1.29, 1.82) is 0 Å². The van der Waals surface area contributed by atoms with Crippen LogP contribution in [0.1, 0.15) is 50.2 Å². The minimum Gasteiger partial charge on any atom is -0.465 e. The van der Waals surface area contributed by atoms with Gasteiger partial charge in [0.05, 0.1) is 12.5 Å². The molecule has 9 nitrogen and oxygen atoms in total. The summed E-state index contributed by atoms with van der Waals surface area (Å²) in [6.45, 7) is 12.5. The summed E-state index contributed by atoms with van der Waals surface area (Å²) >= 11 is 0. The Morgan fingerprint density at radius 1 is 1.25 bits per heavy atom. The third-order valence-electron chi connectivity index (χ3n) is 6.82. The number of carbonyl (C=O) groups is 1. The Labute approximate surface area is 213 Å². The molecular weight excluding hydrogens is 484 g/mol. The molecule has 1 fully saturated rings. The van der Waals surface area contributed by atoms with E-state index in [1.165, 1.54) is 22.0 Å². The second kappa shape index (κ2) is 12.8. The Kier molecular flexibility index (Phi) is 10.1. The second-order valence-corrected chi connectivity index (χ2v) is 10.2. The van der Waals surface area contributed by atoms with Crippen molar-refractivity contribution in [3.8, 4) is 0 Å². The van der Waals surface area contributed by atoms with Gasteiger partial charge in [0.15, 0.2) is 0 Å². The lowest BCUT2D eigenvalue weighted by Gasteiger charge is -2.46. The molecule has 0 amide bonds. The standard InChI is InChI=1S/C26H36N2O3.H2O4S/c1-4-11-27-17-19-16-24-22(21-9-7-10-23(27)25(19)21)15-20(18-28(24)12-5-2)26(29)31-14-8-13-30-6-3;1-5(2,3)4/h5,7,9-10,17,20,22,24H,2,4,6,8,11-16,18H2,1,3H3;(H2,1,2,3,4)/t20?,22-,24-;/m1./s1. The first kappa shape index (κ1) is 28.3. The highest BCUT2D eigenvalue weighted by Gasteiger charge is 2.43. The normalized spacial score (nSPS) is 21.4. The van der Waals surface area contributed by atoms with Crippen LogP contribution in [0.4, 0.5) is 0 Å². The summed E-state index contributed by atoms with van der Waals surface area (Å²) in [5.74, 6) is 0.191. The van der Waals surface area contributed by atoms with Gasteiger partial charge in [0.25, 0.3) is 0 Å². The maximum atomic E-state index is 12.9. The molecule has 3 atom stereocenters. The van der Waals surface area contributed by atoms with E-state index in [1.807, 2.05) is 13.0 Å². The van der Waals surface area contributed by atoms with E-state index in [0.717, 1.165) is 45.3 Å². The van der Waals surface area contributed by atoms with Crippen molar-refractivity contribution in [2.45, 2.75) is 58.0 Å². The average Bonchev–Trinajstić information content (AvgIpc) is 3.17. The maximum Gasteiger partial charge on any atom is 0.394 e. The minimum atomic E-state index is -4.67. The van der Waals surface area contributed by atoms with Crippen LogP contribution in [0.2, 0.25) is 0 Å². The van der Waals surface area contributed by atoms with Gasteiger partial charge >= 0.3 is 16.4 Å². The first-order chi connectivity index (χ1) is 17.2. The quantitative estimate of drug-likeness (QED) is 0.209. The van der Waals surface area contributed by atoms with Crippen molar-refractivity contribution in [2.75, 3.05) is 32.9 Å². The third-order valence-corrected chi connectivity index (χ3v) is 6.82. The molecule has 0 bridgehead atoms. The van der Waals surface area contributed by atoms with Gasteiger partial charge in [0, 0.05) is 68.3 Å². The predicted molar refractivity (Wildman–Crippen MR) is 139 cm³/mol. The number of aromatic nitrogens is 1. The number of benzene rings is 1. The first-order valence-electron chi connectivity index (χ1n) is 12.6. The second-order valence-electron chi connectivity index (χ2n) is 9.31. The van der Waals surface area contributed by atoms with Crippen LogP contribution < -0.4 is 0 Å². The van der Waals surface area contributed by atoms with E-state index in [2.05, 4.69) is 47.4 Å². The predicted octanol–water partition coefficient (Wildman–Crippen LogP) is 3.88.